The molecule has 7 heteroatoms. The summed E-state index contributed by atoms with van der Waals surface area (Å²) in [6.07, 6.45) is 0. The van der Waals surface area contributed by atoms with Crippen LogP contribution in [-0.4, -0.2) is 33.4 Å². The number of nitrogens with one attached hydrogen (secondary N) is 2. The maximum absolute atomic E-state index is 12.8. The van der Waals surface area contributed by atoms with Gasteiger partial charge in [-0.25, -0.2) is 9.78 Å². The Hall–Kier alpha value is -4.52. The molecule has 5 aromatic rings. The standard InChI is InChI=1S/C26H20N4O3/c1-16-14-23(19-10-4-5-11-20(19)27-16)28-24(31)15-33-26(32)18-9-3-2-8-17(18)25-29-21-12-6-7-13-22(21)30-25/h2-14H,15H2,1H3,(H,29,30)(H,27,28,31). The lowest BCUT2D eigenvalue weighted by Gasteiger charge is -2.11. The summed E-state index contributed by atoms with van der Waals surface area (Å²) in [6.45, 7) is 1.44. The van der Waals surface area contributed by atoms with E-state index in [1.54, 1.807) is 24.3 Å². The second-order valence-electron chi connectivity index (χ2n) is 7.60. The van der Waals surface area contributed by atoms with E-state index in [1.807, 2.05) is 61.5 Å². The van der Waals surface area contributed by atoms with E-state index in [4.69, 9.17) is 4.74 Å². The molecule has 2 aromatic heterocycles. The lowest BCUT2D eigenvalue weighted by atomic mass is 10.1. The Labute approximate surface area is 189 Å². The quantitative estimate of drug-likeness (QED) is 0.383. The molecule has 5 rings (SSSR count). The molecule has 0 saturated carbocycles. The van der Waals surface area contributed by atoms with Gasteiger partial charge in [0.2, 0.25) is 0 Å². The molecule has 0 fully saturated rings. The van der Waals surface area contributed by atoms with Crippen LogP contribution in [-0.2, 0) is 9.53 Å². The highest BCUT2D eigenvalue weighted by Crippen LogP contribution is 2.25. The van der Waals surface area contributed by atoms with Crippen LogP contribution < -0.4 is 5.32 Å². The van der Waals surface area contributed by atoms with Crippen LogP contribution in [0.15, 0.2) is 78.9 Å². The first-order valence-electron chi connectivity index (χ1n) is 10.5. The van der Waals surface area contributed by atoms with Crippen molar-refractivity contribution in [2.24, 2.45) is 0 Å². The van der Waals surface area contributed by atoms with Crippen molar-refractivity contribution in [1.82, 2.24) is 15.0 Å². The third kappa shape index (κ3) is 4.16. The van der Waals surface area contributed by atoms with Gasteiger partial charge in [0.15, 0.2) is 6.61 Å². The molecule has 0 atom stereocenters. The van der Waals surface area contributed by atoms with Crippen molar-refractivity contribution in [2.75, 3.05) is 11.9 Å². The largest absolute Gasteiger partial charge is 0.452 e. The third-order valence-corrected chi connectivity index (χ3v) is 5.24. The molecule has 33 heavy (non-hydrogen) atoms. The van der Waals surface area contributed by atoms with Gasteiger partial charge in [-0.15, -0.1) is 0 Å². The number of para-hydroxylation sites is 3. The molecule has 0 radical (unpaired) electrons. The molecule has 0 aliphatic heterocycles. The molecule has 3 aromatic carbocycles. The lowest BCUT2D eigenvalue weighted by Crippen LogP contribution is -2.21. The van der Waals surface area contributed by atoms with Crippen LogP contribution in [0, 0.1) is 6.92 Å². The van der Waals surface area contributed by atoms with Crippen molar-refractivity contribution < 1.29 is 14.3 Å². The average Bonchev–Trinajstić information content (AvgIpc) is 3.27. The normalized spacial score (nSPS) is 10.9. The molecule has 0 bridgehead atoms. The predicted octanol–water partition coefficient (Wildman–Crippen LogP) is 4.88. The van der Waals surface area contributed by atoms with Crippen LogP contribution in [0.4, 0.5) is 5.69 Å². The first kappa shape index (κ1) is 20.4. The van der Waals surface area contributed by atoms with Crippen molar-refractivity contribution in [2.45, 2.75) is 6.92 Å². The number of aromatic amines is 1. The molecule has 0 aliphatic rings. The number of hydrogen-bond donors (Lipinski definition) is 2. The summed E-state index contributed by atoms with van der Waals surface area (Å²) in [5.74, 6) is -0.468. The zero-order valence-corrected chi connectivity index (χ0v) is 17.8. The number of anilines is 1. The Morgan fingerprint density at radius 1 is 0.909 bits per heavy atom. The number of carbonyl (C=O) groups excluding carboxylic acids is 2. The van der Waals surface area contributed by atoms with E-state index in [-0.39, 0.29) is 0 Å². The van der Waals surface area contributed by atoms with Crippen LogP contribution in [0.2, 0.25) is 0 Å². The van der Waals surface area contributed by atoms with E-state index >= 15 is 0 Å². The molecule has 1 amide bonds. The van der Waals surface area contributed by atoms with E-state index in [1.165, 1.54) is 0 Å². The molecule has 0 spiro atoms. The highest BCUT2D eigenvalue weighted by atomic mass is 16.5. The Morgan fingerprint density at radius 2 is 1.64 bits per heavy atom. The zero-order chi connectivity index (χ0) is 22.8. The fourth-order valence-electron chi connectivity index (χ4n) is 3.75. The van der Waals surface area contributed by atoms with E-state index < -0.39 is 18.5 Å². The highest BCUT2D eigenvalue weighted by Gasteiger charge is 2.18. The fraction of sp³-hybridized carbons (Fsp3) is 0.0769. The number of esters is 1. The van der Waals surface area contributed by atoms with Gasteiger partial charge in [-0.2, -0.15) is 0 Å². The number of benzene rings is 3. The number of carbonyl (C=O) groups is 2. The summed E-state index contributed by atoms with van der Waals surface area (Å²) in [5.41, 5.74) is 4.79. The summed E-state index contributed by atoms with van der Waals surface area (Å²) < 4.78 is 5.33. The number of aryl methyl sites for hydroxylation is 1. The first-order valence-corrected chi connectivity index (χ1v) is 10.5. The van der Waals surface area contributed by atoms with Gasteiger partial charge in [0.25, 0.3) is 5.91 Å². The maximum Gasteiger partial charge on any atom is 0.339 e. The van der Waals surface area contributed by atoms with Gasteiger partial charge in [0.1, 0.15) is 5.82 Å². The van der Waals surface area contributed by atoms with Crippen LogP contribution in [0.5, 0.6) is 0 Å². The maximum atomic E-state index is 12.8. The van der Waals surface area contributed by atoms with Crippen LogP contribution in [0.1, 0.15) is 16.1 Å². The molecule has 0 unspecified atom stereocenters. The number of pyridine rings is 1. The van der Waals surface area contributed by atoms with E-state index in [0.717, 1.165) is 27.6 Å². The number of aromatic nitrogens is 3. The summed E-state index contributed by atoms with van der Waals surface area (Å²) in [7, 11) is 0. The van der Waals surface area contributed by atoms with Crippen LogP contribution in [0.25, 0.3) is 33.3 Å². The predicted molar refractivity (Wildman–Crippen MR) is 127 cm³/mol. The van der Waals surface area contributed by atoms with Gasteiger partial charge in [-0.1, -0.05) is 48.5 Å². The number of hydrogen-bond acceptors (Lipinski definition) is 5. The molecule has 2 N–H and O–H groups in total. The van der Waals surface area contributed by atoms with E-state index in [9.17, 15) is 9.59 Å². The monoisotopic (exact) mass is 436 g/mol. The van der Waals surface area contributed by atoms with Crippen molar-refractivity contribution in [3.8, 4) is 11.4 Å². The number of ether oxygens (including phenoxy) is 1. The smallest absolute Gasteiger partial charge is 0.339 e. The van der Waals surface area contributed by atoms with Gasteiger partial charge in [0, 0.05) is 16.6 Å². The molecule has 2 heterocycles. The number of fused-ring (bicyclic) bond motifs is 2. The Kier molecular flexibility index (Phi) is 5.28. The van der Waals surface area contributed by atoms with Crippen molar-refractivity contribution in [1.29, 1.82) is 0 Å². The first-order chi connectivity index (χ1) is 16.1. The SMILES string of the molecule is Cc1cc(NC(=O)COC(=O)c2ccccc2-c2nc3ccccc3[nH]2)c2ccccc2n1. The van der Waals surface area contributed by atoms with Gasteiger partial charge >= 0.3 is 5.97 Å². The van der Waals surface area contributed by atoms with Crippen molar-refractivity contribution in [3.05, 3.63) is 90.1 Å². The number of H-pyrrole nitrogens is 1. The van der Waals surface area contributed by atoms with Gasteiger partial charge in [-0.3, -0.25) is 9.78 Å². The molecule has 0 aliphatic carbocycles. The minimum absolute atomic E-state index is 0.328. The number of rotatable bonds is 5. The molecule has 162 valence electrons. The Balaban J connectivity index is 1.33. The third-order valence-electron chi connectivity index (χ3n) is 5.24. The highest BCUT2D eigenvalue weighted by molar-refractivity contribution is 6.03. The van der Waals surface area contributed by atoms with Crippen molar-refractivity contribution >= 4 is 39.5 Å². The minimum atomic E-state index is -0.600. The molecular formula is C26H20N4O3. The number of amides is 1. The van der Waals surface area contributed by atoms with Crippen LogP contribution in [0.3, 0.4) is 0 Å². The number of nitrogens with zero attached hydrogens (tertiary/aromatic N) is 2. The van der Waals surface area contributed by atoms with Gasteiger partial charge < -0.3 is 15.0 Å². The van der Waals surface area contributed by atoms with Crippen molar-refractivity contribution in [3.63, 3.8) is 0 Å². The van der Waals surface area contributed by atoms with E-state index in [0.29, 0.717) is 22.6 Å². The summed E-state index contributed by atoms with van der Waals surface area (Å²) >= 11 is 0. The van der Waals surface area contributed by atoms with Crippen LogP contribution >= 0.6 is 0 Å². The average molecular weight is 436 g/mol. The second-order valence-corrected chi connectivity index (χ2v) is 7.60. The summed E-state index contributed by atoms with van der Waals surface area (Å²) in [5, 5.41) is 3.64. The topological polar surface area (TPSA) is 97.0 Å². The van der Waals surface area contributed by atoms with Gasteiger partial charge in [-0.05, 0) is 37.3 Å². The Bertz CT molecular complexity index is 1470. The van der Waals surface area contributed by atoms with E-state index in [2.05, 4.69) is 20.3 Å². The molecular weight excluding hydrogens is 416 g/mol. The fourth-order valence-corrected chi connectivity index (χ4v) is 3.75. The summed E-state index contributed by atoms with van der Waals surface area (Å²) in [6, 6.07) is 24.0. The Morgan fingerprint density at radius 3 is 2.48 bits per heavy atom. The minimum Gasteiger partial charge on any atom is -0.452 e. The molecule has 7 nitrogen and oxygen atoms in total. The number of imidazole rings is 1. The van der Waals surface area contributed by atoms with Gasteiger partial charge in [0.05, 0.1) is 27.8 Å². The summed E-state index contributed by atoms with van der Waals surface area (Å²) in [4.78, 5) is 37.6. The lowest BCUT2D eigenvalue weighted by molar-refractivity contribution is -0.119. The molecule has 0 saturated heterocycles. The second kappa shape index (κ2) is 8.55. The zero-order valence-electron chi connectivity index (χ0n) is 17.8.